The maximum atomic E-state index is 12.8. The van der Waals surface area contributed by atoms with Gasteiger partial charge in [-0.05, 0) is 18.6 Å². The third kappa shape index (κ3) is 4.26. The van der Waals surface area contributed by atoms with Gasteiger partial charge in [-0.25, -0.2) is 4.39 Å². The number of aromatic nitrogens is 1. The highest BCUT2D eigenvalue weighted by atomic mass is 19.1. The van der Waals surface area contributed by atoms with Crippen LogP contribution in [-0.2, 0) is 4.79 Å². The maximum absolute atomic E-state index is 12.8. The third-order valence-electron chi connectivity index (χ3n) is 2.28. The molecule has 0 amide bonds. The van der Waals surface area contributed by atoms with Gasteiger partial charge >= 0.3 is 5.97 Å². The predicted octanol–water partition coefficient (Wildman–Crippen LogP) is 3.57. The molecule has 0 aliphatic carbocycles. The van der Waals surface area contributed by atoms with Crippen molar-refractivity contribution in [2.24, 2.45) is 0 Å². The highest BCUT2D eigenvalue weighted by Crippen LogP contribution is 2.14. The van der Waals surface area contributed by atoms with Gasteiger partial charge in [-0.2, -0.15) is 0 Å². The molecule has 3 nitrogen and oxygen atoms in total. The number of nitrogens with one attached hydrogen (secondary N) is 1. The van der Waals surface area contributed by atoms with E-state index in [-0.39, 0.29) is 5.82 Å². The Morgan fingerprint density at radius 1 is 1.41 bits per heavy atom. The lowest BCUT2D eigenvalue weighted by atomic mass is 10.2. The second-order valence-corrected chi connectivity index (χ2v) is 3.68. The minimum Gasteiger partial charge on any atom is -0.481 e. The minimum atomic E-state index is -0.693. The monoisotopic (exact) mass is 237 g/mol. The van der Waals surface area contributed by atoms with Crippen LogP contribution in [0.2, 0.25) is 0 Å². The number of hydrogen-bond acceptors (Lipinski definition) is 1. The maximum Gasteiger partial charge on any atom is 0.303 e. The van der Waals surface area contributed by atoms with E-state index in [2.05, 4.69) is 4.98 Å². The van der Waals surface area contributed by atoms with E-state index in [1.165, 1.54) is 6.07 Å². The summed E-state index contributed by atoms with van der Waals surface area (Å²) in [5.41, 5.74) is 0.586. The van der Waals surface area contributed by atoms with Gasteiger partial charge in [0.1, 0.15) is 5.82 Å². The molecule has 0 spiro atoms. The number of H-pyrrole nitrogens is 1. The van der Waals surface area contributed by atoms with E-state index >= 15 is 0 Å². The van der Waals surface area contributed by atoms with Crippen LogP contribution in [0.5, 0.6) is 0 Å². The molecule has 0 aliphatic rings. The van der Waals surface area contributed by atoms with Crippen molar-refractivity contribution in [1.29, 1.82) is 0 Å². The first-order valence-corrected chi connectivity index (χ1v) is 5.58. The van der Waals surface area contributed by atoms with Crippen molar-refractivity contribution in [2.75, 3.05) is 0 Å². The van der Waals surface area contributed by atoms with Crippen LogP contribution in [0.15, 0.2) is 30.5 Å². The molecule has 17 heavy (non-hydrogen) atoms. The van der Waals surface area contributed by atoms with Crippen LogP contribution in [0, 0.1) is 5.82 Å². The summed E-state index contributed by atoms with van der Waals surface area (Å²) in [6.07, 6.45) is 3.81. The Morgan fingerprint density at radius 2 is 2.18 bits per heavy atom. The smallest absolute Gasteiger partial charge is 0.303 e. The molecule has 0 saturated heterocycles. The van der Waals surface area contributed by atoms with Crippen LogP contribution in [0.1, 0.15) is 26.2 Å². The molecule has 0 atom stereocenters. The lowest BCUT2D eigenvalue weighted by molar-refractivity contribution is -0.137. The largest absolute Gasteiger partial charge is 0.481 e. The second-order valence-electron chi connectivity index (χ2n) is 3.68. The van der Waals surface area contributed by atoms with Gasteiger partial charge in [0.2, 0.25) is 0 Å². The number of unbranched alkanes of at least 4 members (excludes halogenated alkanes) is 1. The Bertz CT molecular complexity index is 479. The molecule has 0 saturated carbocycles. The summed E-state index contributed by atoms with van der Waals surface area (Å²) in [6.45, 7) is 1.98. The number of fused-ring (bicyclic) bond motifs is 1. The van der Waals surface area contributed by atoms with Crippen molar-refractivity contribution in [3.63, 3.8) is 0 Å². The molecule has 0 bridgehead atoms. The summed E-state index contributed by atoms with van der Waals surface area (Å²) < 4.78 is 12.8. The number of halogens is 1. The third-order valence-corrected chi connectivity index (χ3v) is 2.28. The summed E-state index contributed by atoms with van der Waals surface area (Å²) in [5.74, 6) is -0.885. The second kappa shape index (κ2) is 6.68. The number of hydrogen-bond donors (Lipinski definition) is 2. The number of aliphatic carboxylic acids is 1. The van der Waals surface area contributed by atoms with Crippen molar-refractivity contribution in [3.8, 4) is 0 Å². The van der Waals surface area contributed by atoms with Gasteiger partial charge in [0, 0.05) is 18.0 Å². The van der Waals surface area contributed by atoms with Crippen LogP contribution in [0.3, 0.4) is 0 Å². The number of aromatic amines is 1. The first-order chi connectivity index (χ1) is 8.15. The molecule has 92 valence electrons. The van der Waals surface area contributed by atoms with Crippen molar-refractivity contribution in [1.82, 2.24) is 4.98 Å². The van der Waals surface area contributed by atoms with Crippen LogP contribution in [0.4, 0.5) is 4.39 Å². The number of benzene rings is 1. The molecule has 0 radical (unpaired) electrons. The molecule has 1 aromatic heterocycles. The normalized spacial score (nSPS) is 9.76. The van der Waals surface area contributed by atoms with Crippen LogP contribution in [-0.4, -0.2) is 16.1 Å². The first kappa shape index (κ1) is 13.2. The lowest BCUT2D eigenvalue weighted by Gasteiger charge is -1.88. The van der Waals surface area contributed by atoms with Crippen molar-refractivity contribution >= 4 is 16.9 Å². The predicted molar refractivity (Wildman–Crippen MR) is 65.4 cm³/mol. The summed E-state index contributed by atoms with van der Waals surface area (Å²) in [6, 6.07) is 6.86. The van der Waals surface area contributed by atoms with Crippen LogP contribution in [0.25, 0.3) is 10.9 Å². The van der Waals surface area contributed by atoms with E-state index in [9.17, 15) is 9.18 Å². The van der Waals surface area contributed by atoms with Crippen LogP contribution < -0.4 is 0 Å². The van der Waals surface area contributed by atoms with E-state index in [1.54, 1.807) is 12.3 Å². The van der Waals surface area contributed by atoms with Crippen molar-refractivity contribution in [3.05, 3.63) is 36.3 Å². The van der Waals surface area contributed by atoms with Gasteiger partial charge in [-0.1, -0.05) is 25.5 Å². The van der Waals surface area contributed by atoms with E-state index in [4.69, 9.17) is 5.11 Å². The molecular formula is C13H16FNO2. The number of carboxylic acid groups (broad SMARTS) is 1. The standard InChI is InChI=1S/C8H6FN.C5H10O2/c9-7-3-1-2-6-4-5-10-8(6)7;1-2-3-4-5(6)7/h1-5,10H;2-4H2,1H3,(H,6,7). The summed E-state index contributed by atoms with van der Waals surface area (Å²) >= 11 is 0. The van der Waals surface area contributed by atoms with Crippen molar-refractivity contribution in [2.45, 2.75) is 26.2 Å². The zero-order valence-electron chi connectivity index (χ0n) is 9.74. The fourth-order valence-corrected chi connectivity index (χ4v) is 1.37. The quantitative estimate of drug-likeness (QED) is 0.857. The Balaban J connectivity index is 0.000000185. The Hall–Kier alpha value is -1.84. The van der Waals surface area contributed by atoms with E-state index in [0.29, 0.717) is 11.9 Å². The van der Waals surface area contributed by atoms with Gasteiger partial charge in [0.15, 0.2) is 0 Å². The molecular weight excluding hydrogens is 221 g/mol. The first-order valence-electron chi connectivity index (χ1n) is 5.58. The highest BCUT2D eigenvalue weighted by Gasteiger charge is 1.97. The molecule has 1 aromatic carbocycles. The summed E-state index contributed by atoms with van der Waals surface area (Å²) in [7, 11) is 0. The molecule has 0 aliphatic heterocycles. The van der Waals surface area contributed by atoms with Gasteiger partial charge in [0.05, 0.1) is 5.52 Å². The van der Waals surface area contributed by atoms with Crippen LogP contribution >= 0.6 is 0 Å². The fraction of sp³-hybridized carbons (Fsp3) is 0.308. The summed E-state index contributed by atoms with van der Waals surface area (Å²) in [5, 5.41) is 8.96. The Labute approximate surface area is 99.3 Å². The van der Waals surface area contributed by atoms with E-state index in [1.807, 2.05) is 19.1 Å². The van der Waals surface area contributed by atoms with Gasteiger partial charge in [-0.15, -0.1) is 0 Å². The number of carbonyl (C=O) groups is 1. The number of rotatable bonds is 3. The van der Waals surface area contributed by atoms with Gasteiger partial charge < -0.3 is 10.1 Å². The SMILES string of the molecule is CCCCC(=O)O.Fc1cccc2cc[nH]c12. The molecule has 0 unspecified atom stereocenters. The topological polar surface area (TPSA) is 53.1 Å². The van der Waals surface area contributed by atoms with E-state index < -0.39 is 5.97 Å². The zero-order valence-corrected chi connectivity index (χ0v) is 9.74. The van der Waals surface area contributed by atoms with Gasteiger partial charge in [-0.3, -0.25) is 4.79 Å². The van der Waals surface area contributed by atoms with E-state index in [0.717, 1.165) is 18.2 Å². The highest BCUT2D eigenvalue weighted by molar-refractivity contribution is 5.79. The lowest BCUT2D eigenvalue weighted by Crippen LogP contribution is -1.91. The average molecular weight is 237 g/mol. The van der Waals surface area contributed by atoms with Gasteiger partial charge in [0.25, 0.3) is 0 Å². The van der Waals surface area contributed by atoms with Crippen molar-refractivity contribution < 1.29 is 14.3 Å². The molecule has 1 heterocycles. The molecule has 4 heteroatoms. The zero-order chi connectivity index (χ0) is 12.7. The summed E-state index contributed by atoms with van der Waals surface area (Å²) in [4.78, 5) is 12.6. The molecule has 0 fully saturated rings. The Morgan fingerprint density at radius 3 is 2.71 bits per heavy atom. The fourth-order valence-electron chi connectivity index (χ4n) is 1.37. The molecule has 2 N–H and O–H groups in total. The Kier molecular flexibility index (Phi) is 5.20. The molecule has 2 rings (SSSR count). The molecule has 2 aromatic rings. The average Bonchev–Trinajstić information content (AvgIpc) is 2.77. The number of para-hydroxylation sites is 1. The number of carboxylic acids is 1. The minimum absolute atomic E-state index is 0.192.